The van der Waals surface area contributed by atoms with Gasteiger partial charge in [-0.05, 0) is 118 Å². The number of likely N-dealkylation sites (tertiary alicyclic amines) is 1. The molecule has 6 atom stereocenters. The van der Waals surface area contributed by atoms with Gasteiger partial charge in [-0.1, -0.05) is 74.5 Å². The molecule has 19 heteroatoms. The molecule has 1 saturated heterocycles. The molecule has 6 unspecified atom stereocenters. The van der Waals surface area contributed by atoms with Gasteiger partial charge in [0.15, 0.2) is 5.41 Å². The second kappa shape index (κ2) is 26.3. The van der Waals surface area contributed by atoms with Gasteiger partial charge in [-0.25, -0.2) is 9.59 Å². The average Bonchev–Trinajstić information content (AvgIpc) is 3.25. The van der Waals surface area contributed by atoms with Crippen molar-refractivity contribution < 1.29 is 57.7 Å². The van der Waals surface area contributed by atoms with E-state index >= 15 is 0 Å². The topological polar surface area (TPSA) is 274 Å². The molecule has 2 aromatic rings. The van der Waals surface area contributed by atoms with E-state index in [4.69, 9.17) is 19.9 Å². The van der Waals surface area contributed by atoms with Crippen molar-refractivity contribution in [1.82, 2.24) is 31.5 Å². The lowest BCUT2D eigenvalue weighted by atomic mass is 9.76. The number of hydrogen-bond donors (Lipinski definition) is 7. The summed E-state index contributed by atoms with van der Waals surface area (Å²) in [5.74, 6) is -5.95. The Morgan fingerprint density at radius 2 is 1.17 bits per heavy atom. The van der Waals surface area contributed by atoms with Crippen LogP contribution in [0.5, 0.6) is 0 Å². The number of carboxylic acid groups (broad SMARTS) is 1. The number of nitrogens with two attached hydrogens (primary N) is 1. The Kier molecular flexibility index (Phi) is 21.9. The maximum Gasteiger partial charge on any atom is 0.407 e. The summed E-state index contributed by atoms with van der Waals surface area (Å²) in [6, 6.07) is 14.6. The number of hydrogen-bond acceptors (Lipinski definition) is 12. The minimum absolute atomic E-state index is 0.0401. The molecule has 0 radical (unpaired) electrons. The van der Waals surface area contributed by atoms with E-state index in [9.17, 15) is 43.5 Å². The first-order chi connectivity index (χ1) is 33.0. The number of aliphatic carboxylic acids is 1. The number of unbranched alkanes of at least 4 members (excludes halogenated alkanes) is 1. The lowest BCUT2D eigenvalue weighted by Crippen LogP contribution is -2.63. The molecule has 6 amide bonds. The van der Waals surface area contributed by atoms with Gasteiger partial charge in [-0.15, -0.1) is 0 Å². The van der Waals surface area contributed by atoms with Crippen LogP contribution in [0.2, 0.25) is 0 Å². The summed E-state index contributed by atoms with van der Waals surface area (Å²) in [4.78, 5) is 110. The summed E-state index contributed by atoms with van der Waals surface area (Å²) in [7, 11) is 0. The van der Waals surface area contributed by atoms with Gasteiger partial charge < -0.3 is 56.5 Å². The van der Waals surface area contributed by atoms with Crippen LogP contribution in [0.4, 0.5) is 9.59 Å². The van der Waals surface area contributed by atoms with Crippen LogP contribution < -0.4 is 32.3 Å². The van der Waals surface area contributed by atoms with Crippen molar-refractivity contribution in [1.29, 1.82) is 0 Å². The van der Waals surface area contributed by atoms with Gasteiger partial charge in [-0.2, -0.15) is 0 Å². The number of amides is 6. The van der Waals surface area contributed by atoms with Crippen LogP contribution in [0.3, 0.4) is 0 Å². The second-order valence-corrected chi connectivity index (χ2v) is 21.6. The van der Waals surface area contributed by atoms with Crippen molar-refractivity contribution in [3.8, 4) is 0 Å². The molecule has 0 spiro atoms. The minimum atomic E-state index is -2.02. The number of alkyl carbamates (subject to hydrolysis) is 2. The third-order valence-corrected chi connectivity index (χ3v) is 11.3. The smallest absolute Gasteiger partial charge is 0.407 e. The normalized spacial score (nSPS) is 17.9. The highest BCUT2D eigenvalue weighted by molar-refractivity contribution is 6.00. The average molecular weight is 994 g/mol. The summed E-state index contributed by atoms with van der Waals surface area (Å²) in [6.45, 7) is 18.7. The molecule has 19 nitrogen and oxygen atoms in total. The van der Waals surface area contributed by atoms with Crippen LogP contribution in [-0.4, -0.2) is 118 Å². The fraction of sp³-hybridized carbons (Fsp3) is 0.615. The van der Waals surface area contributed by atoms with Crippen molar-refractivity contribution in [3.05, 3.63) is 71.8 Å². The fourth-order valence-corrected chi connectivity index (χ4v) is 7.87. The van der Waals surface area contributed by atoms with Crippen molar-refractivity contribution in [2.24, 2.45) is 23.0 Å². The Morgan fingerprint density at radius 3 is 1.68 bits per heavy atom. The number of carbonyl (C=O) groups is 8. The molecule has 0 bridgehead atoms. The summed E-state index contributed by atoms with van der Waals surface area (Å²) >= 11 is 0. The summed E-state index contributed by atoms with van der Waals surface area (Å²) in [5.41, 5.74) is 3.52. The molecule has 71 heavy (non-hydrogen) atoms. The summed E-state index contributed by atoms with van der Waals surface area (Å²) in [5, 5.41) is 24.2. The highest BCUT2D eigenvalue weighted by Crippen LogP contribution is 2.37. The SMILES string of the molecule is CC(C)CC(NC(=O)C(Cc1ccccc1)NC(=O)C(CNC(=O)OC(C)(C)C)Cc1ccccc1)C(=O)NC(CCCCNC(=O)OC(C)(C)C)C(=O)N1CCC(C(=O)O)(C(=O)OC(C)(C)C)CC1N. The summed E-state index contributed by atoms with van der Waals surface area (Å²) in [6.07, 6.45) is -2.23. The number of rotatable bonds is 22. The van der Waals surface area contributed by atoms with Crippen molar-refractivity contribution in [2.75, 3.05) is 19.6 Å². The van der Waals surface area contributed by atoms with Crippen molar-refractivity contribution >= 4 is 47.8 Å². The molecule has 1 aliphatic heterocycles. The zero-order chi connectivity index (χ0) is 53.3. The van der Waals surface area contributed by atoms with Gasteiger partial charge >= 0.3 is 24.1 Å². The van der Waals surface area contributed by atoms with Crippen LogP contribution in [0.25, 0.3) is 0 Å². The highest BCUT2D eigenvalue weighted by atomic mass is 16.6. The first-order valence-electron chi connectivity index (χ1n) is 24.4. The number of nitrogens with zero attached hydrogens (tertiary/aromatic N) is 1. The second-order valence-electron chi connectivity index (χ2n) is 21.6. The van der Waals surface area contributed by atoms with E-state index in [0.29, 0.717) is 18.4 Å². The molecule has 0 aromatic heterocycles. The highest BCUT2D eigenvalue weighted by Gasteiger charge is 2.54. The zero-order valence-electron chi connectivity index (χ0n) is 43.5. The van der Waals surface area contributed by atoms with Crippen LogP contribution in [0, 0.1) is 17.3 Å². The lowest BCUT2D eigenvalue weighted by Gasteiger charge is -2.43. The monoisotopic (exact) mass is 994 g/mol. The number of piperidine rings is 1. The van der Waals surface area contributed by atoms with Crippen molar-refractivity contribution in [3.63, 3.8) is 0 Å². The van der Waals surface area contributed by atoms with E-state index in [2.05, 4.69) is 26.6 Å². The molecular weight excluding hydrogens is 915 g/mol. The predicted molar refractivity (Wildman–Crippen MR) is 266 cm³/mol. The molecule has 1 aliphatic rings. The fourth-order valence-electron chi connectivity index (χ4n) is 7.87. The molecule has 2 aromatic carbocycles. The number of nitrogens with one attached hydrogen (secondary N) is 5. The Morgan fingerprint density at radius 1 is 0.676 bits per heavy atom. The van der Waals surface area contributed by atoms with Gasteiger partial charge in [0.2, 0.25) is 23.6 Å². The largest absolute Gasteiger partial charge is 0.480 e. The number of ether oxygens (including phenoxy) is 3. The van der Waals surface area contributed by atoms with Gasteiger partial charge in [0.1, 0.15) is 34.9 Å². The first-order valence-corrected chi connectivity index (χ1v) is 24.4. The number of esters is 1. The predicted octanol–water partition coefficient (Wildman–Crippen LogP) is 5.13. The maximum absolute atomic E-state index is 14.5. The van der Waals surface area contributed by atoms with Crippen LogP contribution in [0.1, 0.15) is 126 Å². The maximum atomic E-state index is 14.5. The van der Waals surface area contributed by atoms with Gasteiger partial charge in [0.05, 0.1) is 12.1 Å². The third kappa shape index (κ3) is 20.6. The molecule has 0 aliphatic carbocycles. The van der Waals surface area contributed by atoms with E-state index in [1.165, 1.54) is 4.90 Å². The van der Waals surface area contributed by atoms with Gasteiger partial charge in [-0.3, -0.25) is 28.8 Å². The third-order valence-electron chi connectivity index (χ3n) is 11.3. The first kappa shape index (κ1) is 59.1. The minimum Gasteiger partial charge on any atom is -0.480 e. The quantitative estimate of drug-likeness (QED) is 0.0350. The van der Waals surface area contributed by atoms with E-state index in [1.54, 1.807) is 86.6 Å². The Hall–Kier alpha value is -6.24. The Labute approximate surface area is 418 Å². The summed E-state index contributed by atoms with van der Waals surface area (Å²) < 4.78 is 16.2. The van der Waals surface area contributed by atoms with Crippen LogP contribution in [-0.2, 0) is 55.8 Å². The van der Waals surface area contributed by atoms with Gasteiger partial charge in [0, 0.05) is 32.5 Å². The van der Waals surface area contributed by atoms with Crippen molar-refractivity contribution in [2.45, 2.75) is 169 Å². The standard InChI is InChI=1S/C52H79N7O12/c1-33(2)28-38(58-43(62)39(30-35-22-16-13-17-23-35)57-41(60)36(29-34-20-14-12-15-21-34)32-55-48(68)71-51(9,10)11)42(61)56-37(24-18-19-26-54-47(67)70-50(6,7)8)44(63)59-27-25-52(45(64)65,31-40(59)53)46(66)69-49(3,4)5/h12-17,20-23,33,36-40H,18-19,24-32,53H2,1-11H3,(H,54,67)(H,55,68)(H,56,61)(H,57,60)(H,58,62)(H,64,65). The number of carboxylic acids is 1. The Balaban J connectivity index is 1.93. The molecule has 394 valence electrons. The van der Waals surface area contributed by atoms with E-state index in [-0.39, 0.29) is 57.7 Å². The Bertz CT molecular complexity index is 2120. The number of carbonyl (C=O) groups excluding carboxylic acids is 7. The van der Waals surface area contributed by atoms with Crippen LogP contribution in [0.15, 0.2) is 60.7 Å². The number of benzene rings is 2. The molecule has 1 heterocycles. The molecular formula is C52H79N7O12. The van der Waals surface area contributed by atoms with E-state index < -0.39 is 107 Å². The van der Waals surface area contributed by atoms with Gasteiger partial charge in [0.25, 0.3) is 0 Å². The molecule has 3 rings (SSSR count). The molecule has 1 fully saturated rings. The van der Waals surface area contributed by atoms with E-state index in [1.807, 2.05) is 50.2 Å². The zero-order valence-corrected chi connectivity index (χ0v) is 43.5. The lowest BCUT2D eigenvalue weighted by molar-refractivity contribution is -0.183. The molecule has 0 saturated carbocycles. The molecule has 8 N–H and O–H groups in total. The van der Waals surface area contributed by atoms with Crippen LogP contribution >= 0.6 is 0 Å². The van der Waals surface area contributed by atoms with E-state index in [0.717, 1.165) is 5.56 Å².